The lowest BCUT2D eigenvalue weighted by atomic mass is 9.98. The minimum Gasteiger partial charge on any atom is -0.486 e. The molecule has 0 spiro atoms. The maximum absolute atomic E-state index is 13.5. The Morgan fingerprint density at radius 3 is 2.39 bits per heavy atom. The van der Waals surface area contributed by atoms with E-state index in [1.807, 2.05) is 0 Å². The zero-order valence-electron chi connectivity index (χ0n) is 9.83. The van der Waals surface area contributed by atoms with Crippen molar-refractivity contribution < 1.29 is 23.0 Å². The molecule has 0 fully saturated rings. The van der Waals surface area contributed by atoms with Crippen LogP contribution >= 0.6 is 0 Å². The highest BCUT2D eigenvalue weighted by Gasteiger charge is 2.32. The second-order valence-electron chi connectivity index (χ2n) is 4.06. The van der Waals surface area contributed by atoms with Gasteiger partial charge < -0.3 is 15.2 Å². The number of rotatable bonds is 3. The maximum Gasteiger partial charge on any atom is 0.271 e. The zero-order chi connectivity index (χ0) is 13.3. The lowest BCUT2D eigenvalue weighted by molar-refractivity contribution is 0.0159. The first kappa shape index (κ1) is 12.8. The third kappa shape index (κ3) is 2.28. The molecule has 0 aromatic heterocycles. The van der Waals surface area contributed by atoms with Gasteiger partial charge in [-0.2, -0.15) is 0 Å². The van der Waals surface area contributed by atoms with E-state index in [0.717, 1.165) is 13.0 Å². The summed E-state index contributed by atoms with van der Waals surface area (Å²) in [7, 11) is 0. The fourth-order valence-corrected chi connectivity index (χ4v) is 1.79. The second-order valence-corrected chi connectivity index (χ2v) is 4.06. The molecule has 2 rings (SSSR count). The van der Waals surface area contributed by atoms with Gasteiger partial charge in [0.05, 0.1) is 6.54 Å². The summed E-state index contributed by atoms with van der Waals surface area (Å²) in [5.74, 6) is -3.17. The number of hydrogen-bond acceptors (Lipinski definition) is 4. The Bertz CT molecular complexity index is 483. The largest absolute Gasteiger partial charge is 0.486 e. The predicted octanol–water partition coefficient (Wildman–Crippen LogP) is 1.71. The third-order valence-electron chi connectivity index (χ3n) is 2.64. The van der Waals surface area contributed by atoms with Gasteiger partial charge in [0, 0.05) is 18.1 Å². The number of alkyl halides is 2. The summed E-state index contributed by atoms with van der Waals surface area (Å²) >= 11 is 0. The van der Waals surface area contributed by atoms with E-state index in [-0.39, 0.29) is 23.4 Å². The van der Waals surface area contributed by atoms with Gasteiger partial charge in [0.1, 0.15) is 13.2 Å². The normalized spacial score (nSPS) is 14.4. The fraction of sp³-hybridized carbons (Fsp3) is 0.417. The highest BCUT2D eigenvalue weighted by atomic mass is 19.3. The van der Waals surface area contributed by atoms with Crippen LogP contribution in [0, 0.1) is 0 Å². The van der Waals surface area contributed by atoms with Crippen LogP contribution in [0.3, 0.4) is 0 Å². The molecule has 0 saturated heterocycles. The van der Waals surface area contributed by atoms with Gasteiger partial charge in [-0.15, -0.1) is 0 Å². The van der Waals surface area contributed by atoms with Gasteiger partial charge in [0.15, 0.2) is 17.3 Å². The number of carbonyl (C=O) groups excluding carboxylic acids is 1. The highest BCUT2D eigenvalue weighted by molar-refractivity contribution is 5.99. The molecule has 0 unspecified atom stereocenters. The predicted molar refractivity (Wildman–Crippen MR) is 60.4 cm³/mol. The van der Waals surface area contributed by atoms with E-state index in [4.69, 9.17) is 15.2 Å². The van der Waals surface area contributed by atoms with Crippen LogP contribution in [0.2, 0.25) is 0 Å². The van der Waals surface area contributed by atoms with Crippen molar-refractivity contribution in [2.75, 3.05) is 19.8 Å². The Balaban J connectivity index is 2.58. The van der Waals surface area contributed by atoms with Gasteiger partial charge in [-0.05, 0) is 12.1 Å². The van der Waals surface area contributed by atoms with Crippen molar-refractivity contribution in [1.82, 2.24) is 0 Å². The Morgan fingerprint density at radius 2 is 1.89 bits per heavy atom. The van der Waals surface area contributed by atoms with E-state index < -0.39 is 11.7 Å². The minimum absolute atomic E-state index is 0.116. The molecular weight excluding hydrogens is 244 g/mol. The lowest BCUT2D eigenvalue weighted by Gasteiger charge is -2.22. The molecule has 98 valence electrons. The number of ketones is 1. The van der Waals surface area contributed by atoms with Gasteiger partial charge in [-0.25, -0.2) is 8.78 Å². The van der Waals surface area contributed by atoms with Crippen LogP contribution in [-0.4, -0.2) is 25.5 Å². The standard InChI is InChI=1S/C12H13F2NO3/c1-12(13,14)8-5-11-10(17-2-3-18-11)4-7(8)9(16)6-15/h4-5H,2-3,6,15H2,1H3. The Labute approximate surface area is 103 Å². The number of ether oxygens (including phenoxy) is 2. The monoisotopic (exact) mass is 257 g/mol. The molecule has 18 heavy (non-hydrogen) atoms. The van der Waals surface area contributed by atoms with Crippen molar-refractivity contribution in [3.8, 4) is 11.5 Å². The smallest absolute Gasteiger partial charge is 0.271 e. The quantitative estimate of drug-likeness (QED) is 0.837. The van der Waals surface area contributed by atoms with E-state index in [0.29, 0.717) is 19.0 Å². The Kier molecular flexibility index (Phi) is 3.21. The molecule has 0 aliphatic carbocycles. The number of Topliss-reactive ketones (excluding diaryl/α,β-unsaturated/α-hetero) is 1. The molecule has 6 heteroatoms. The van der Waals surface area contributed by atoms with E-state index >= 15 is 0 Å². The number of nitrogens with two attached hydrogens (primary N) is 1. The lowest BCUT2D eigenvalue weighted by Crippen LogP contribution is -2.22. The molecule has 4 nitrogen and oxygen atoms in total. The molecule has 0 bridgehead atoms. The number of carbonyl (C=O) groups is 1. The summed E-state index contributed by atoms with van der Waals surface area (Å²) in [6.45, 7) is 1.02. The SMILES string of the molecule is CC(F)(F)c1cc2c(cc1C(=O)CN)OCCO2. The molecule has 0 amide bonds. The number of fused-ring (bicyclic) bond motifs is 1. The van der Waals surface area contributed by atoms with Crippen molar-refractivity contribution in [2.24, 2.45) is 5.73 Å². The minimum atomic E-state index is -3.14. The molecule has 1 aromatic carbocycles. The average molecular weight is 257 g/mol. The molecule has 1 heterocycles. The number of halogens is 2. The zero-order valence-corrected chi connectivity index (χ0v) is 9.83. The maximum atomic E-state index is 13.5. The number of hydrogen-bond donors (Lipinski definition) is 1. The van der Waals surface area contributed by atoms with Gasteiger partial charge in [-0.1, -0.05) is 0 Å². The van der Waals surface area contributed by atoms with Crippen LogP contribution in [0.1, 0.15) is 22.8 Å². The second kappa shape index (κ2) is 4.53. The van der Waals surface area contributed by atoms with E-state index in [9.17, 15) is 13.6 Å². The van der Waals surface area contributed by atoms with Crippen molar-refractivity contribution in [3.05, 3.63) is 23.3 Å². The van der Waals surface area contributed by atoms with Gasteiger partial charge in [-0.3, -0.25) is 4.79 Å². The van der Waals surface area contributed by atoms with Gasteiger partial charge in [0.2, 0.25) is 0 Å². The van der Waals surface area contributed by atoms with Crippen LogP contribution in [0.25, 0.3) is 0 Å². The summed E-state index contributed by atoms with van der Waals surface area (Å²) in [5.41, 5.74) is 4.72. The fourth-order valence-electron chi connectivity index (χ4n) is 1.79. The molecule has 2 N–H and O–H groups in total. The van der Waals surface area contributed by atoms with Gasteiger partial charge in [0.25, 0.3) is 5.92 Å². The number of benzene rings is 1. The molecule has 0 radical (unpaired) electrons. The summed E-state index contributed by atoms with van der Waals surface area (Å²) in [6, 6.07) is 2.42. The molecule has 1 aliphatic heterocycles. The van der Waals surface area contributed by atoms with Crippen LogP contribution < -0.4 is 15.2 Å². The van der Waals surface area contributed by atoms with Crippen LogP contribution in [0.4, 0.5) is 8.78 Å². The molecule has 1 aromatic rings. The topological polar surface area (TPSA) is 61.6 Å². The molecular formula is C12H13F2NO3. The third-order valence-corrected chi connectivity index (χ3v) is 2.64. The van der Waals surface area contributed by atoms with E-state index in [2.05, 4.69) is 0 Å². The van der Waals surface area contributed by atoms with Gasteiger partial charge >= 0.3 is 0 Å². The first-order valence-corrected chi connectivity index (χ1v) is 5.48. The Hall–Kier alpha value is -1.69. The first-order chi connectivity index (χ1) is 8.43. The van der Waals surface area contributed by atoms with E-state index in [1.54, 1.807) is 0 Å². The highest BCUT2D eigenvalue weighted by Crippen LogP contribution is 2.39. The van der Waals surface area contributed by atoms with Crippen LogP contribution in [0.5, 0.6) is 11.5 Å². The molecule has 1 aliphatic rings. The van der Waals surface area contributed by atoms with Crippen molar-refractivity contribution in [3.63, 3.8) is 0 Å². The summed E-state index contributed by atoms with van der Waals surface area (Å²) < 4.78 is 37.5. The van der Waals surface area contributed by atoms with Crippen molar-refractivity contribution in [1.29, 1.82) is 0 Å². The van der Waals surface area contributed by atoms with Crippen LogP contribution in [-0.2, 0) is 5.92 Å². The van der Waals surface area contributed by atoms with E-state index in [1.165, 1.54) is 6.07 Å². The van der Waals surface area contributed by atoms with Crippen LogP contribution in [0.15, 0.2) is 12.1 Å². The van der Waals surface area contributed by atoms with Crippen molar-refractivity contribution >= 4 is 5.78 Å². The molecule has 0 atom stereocenters. The summed E-state index contributed by atoms with van der Waals surface area (Å²) in [6.07, 6.45) is 0. The Morgan fingerprint density at radius 1 is 1.33 bits per heavy atom. The average Bonchev–Trinajstić information content (AvgIpc) is 2.35. The van der Waals surface area contributed by atoms with Crippen molar-refractivity contribution in [2.45, 2.75) is 12.8 Å². The summed E-state index contributed by atoms with van der Waals surface area (Å²) in [5, 5.41) is 0. The summed E-state index contributed by atoms with van der Waals surface area (Å²) in [4.78, 5) is 11.6. The molecule has 0 saturated carbocycles. The first-order valence-electron chi connectivity index (χ1n) is 5.48.